The molecule has 0 aromatic heterocycles. The summed E-state index contributed by atoms with van der Waals surface area (Å²) >= 11 is 0. The number of fused-ring (bicyclic) bond motifs is 1. The Morgan fingerprint density at radius 1 is 0.972 bits per heavy atom. The molecule has 0 saturated carbocycles. The van der Waals surface area contributed by atoms with Crippen LogP contribution in [-0.4, -0.2) is 101 Å². The van der Waals surface area contributed by atoms with E-state index < -0.39 is 0 Å². The third kappa shape index (κ3) is 12.6. The summed E-state index contributed by atoms with van der Waals surface area (Å²) in [7, 11) is 0. The molecular weight excluding hydrogens is 466 g/mol. The molecule has 11 nitrogen and oxygen atoms in total. The Morgan fingerprint density at radius 2 is 1.69 bits per heavy atom. The zero-order valence-electron chi connectivity index (χ0n) is 22.2. The lowest BCUT2D eigenvalue weighted by Crippen LogP contribution is -2.46. The number of hydrogen-bond acceptors (Lipinski definition) is 7. The van der Waals surface area contributed by atoms with Gasteiger partial charge in [-0.1, -0.05) is 20.8 Å². The number of ether oxygens (including phenoxy) is 2. The molecular formula is C25H45N5O6. The fourth-order valence-electron chi connectivity index (χ4n) is 4.42. The predicted octanol–water partition coefficient (Wildman–Crippen LogP) is -0.347. The summed E-state index contributed by atoms with van der Waals surface area (Å²) in [5.41, 5.74) is -0.134. The van der Waals surface area contributed by atoms with Crippen molar-refractivity contribution in [2.75, 3.05) is 72.2 Å². The van der Waals surface area contributed by atoms with Crippen LogP contribution in [0.2, 0.25) is 0 Å². The van der Waals surface area contributed by atoms with E-state index in [1.165, 1.54) is 4.90 Å². The molecule has 2 atom stereocenters. The van der Waals surface area contributed by atoms with E-state index in [-0.39, 0.29) is 73.7 Å². The average molecular weight is 512 g/mol. The van der Waals surface area contributed by atoms with Crippen LogP contribution in [0.3, 0.4) is 0 Å². The van der Waals surface area contributed by atoms with Gasteiger partial charge in [-0.3, -0.25) is 19.2 Å². The van der Waals surface area contributed by atoms with Crippen LogP contribution >= 0.6 is 0 Å². The molecule has 0 aliphatic carbocycles. The minimum Gasteiger partial charge on any atom is -0.377 e. The first-order chi connectivity index (χ1) is 17.1. The first-order valence-electron chi connectivity index (χ1n) is 13.1. The van der Waals surface area contributed by atoms with Crippen molar-refractivity contribution in [3.05, 3.63) is 0 Å². The van der Waals surface area contributed by atoms with Crippen LogP contribution in [0.25, 0.3) is 0 Å². The van der Waals surface area contributed by atoms with Crippen molar-refractivity contribution in [3.63, 3.8) is 0 Å². The smallest absolute Gasteiger partial charge is 0.249 e. The molecule has 0 radical (unpaired) electrons. The highest BCUT2D eigenvalue weighted by Crippen LogP contribution is 2.25. The van der Waals surface area contributed by atoms with Crippen LogP contribution in [0, 0.1) is 17.3 Å². The first kappa shape index (κ1) is 30.0. The summed E-state index contributed by atoms with van der Waals surface area (Å²) in [6.07, 6.45) is 2.51. The van der Waals surface area contributed by atoms with Crippen molar-refractivity contribution in [2.45, 2.75) is 46.5 Å². The summed E-state index contributed by atoms with van der Waals surface area (Å²) in [5, 5.41) is 12.0. The van der Waals surface area contributed by atoms with Gasteiger partial charge in [0.25, 0.3) is 0 Å². The molecule has 206 valence electrons. The Morgan fingerprint density at radius 3 is 2.47 bits per heavy atom. The van der Waals surface area contributed by atoms with E-state index >= 15 is 0 Å². The maximum absolute atomic E-state index is 12.7. The summed E-state index contributed by atoms with van der Waals surface area (Å²) in [6.45, 7) is 9.61. The number of amides is 4. The average Bonchev–Trinajstić information content (AvgIpc) is 2.79. The van der Waals surface area contributed by atoms with E-state index in [4.69, 9.17) is 9.47 Å². The van der Waals surface area contributed by atoms with Crippen LogP contribution in [0.4, 0.5) is 0 Å². The highest BCUT2D eigenvalue weighted by molar-refractivity contribution is 5.85. The zero-order valence-corrected chi connectivity index (χ0v) is 22.2. The van der Waals surface area contributed by atoms with Gasteiger partial charge in [0.15, 0.2) is 0 Å². The second-order valence-electron chi connectivity index (χ2n) is 10.8. The van der Waals surface area contributed by atoms with Crippen LogP contribution in [0.5, 0.6) is 0 Å². The van der Waals surface area contributed by atoms with Gasteiger partial charge in [0.2, 0.25) is 23.6 Å². The summed E-state index contributed by atoms with van der Waals surface area (Å²) in [4.78, 5) is 51.3. The molecule has 2 heterocycles. The predicted molar refractivity (Wildman–Crippen MR) is 135 cm³/mol. The molecule has 0 spiro atoms. The first-order valence-corrected chi connectivity index (χ1v) is 13.1. The molecule has 0 aromatic rings. The SMILES string of the molecule is CC(C)(C)CC(=O)NCCN1CC(=O)NCC[C@H]2CNCC[C@H]2CC(=O)NCCOCCOCC1=O. The quantitative estimate of drug-likeness (QED) is 0.405. The fraction of sp³-hybridized carbons (Fsp3) is 0.840. The molecule has 36 heavy (non-hydrogen) atoms. The monoisotopic (exact) mass is 511 g/mol. The van der Waals surface area contributed by atoms with E-state index in [1.807, 2.05) is 20.8 Å². The number of rotatable bonds is 4. The standard InChI is InChI=1S/C25H45N5O6/c1-25(2,3)15-22(32)28-8-10-30-17-23(33)27-7-5-20-16-26-6-4-19(20)14-21(31)29-9-11-35-12-13-36-18-24(30)34/h19-20,26H,4-18H2,1-3H3,(H,27,33)(H,28,32)(H,29,31)/t19-,20-/m0/s1. The van der Waals surface area contributed by atoms with E-state index in [0.29, 0.717) is 39.1 Å². The van der Waals surface area contributed by atoms with Gasteiger partial charge < -0.3 is 35.6 Å². The minimum atomic E-state index is -0.322. The Hall–Kier alpha value is -2.24. The van der Waals surface area contributed by atoms with Gasteiger partial charge in [0.05, 0.1) is 26.4 Å². The number of piperidine rings is 1. The molecule has 0 unspecified atom stereocenters. The van der Waals surface area contributed by atoms with E-state index in [1.54, 1.807) is 0 Å². The second-order valence-corrected chi connectivity index (χ2v) is 10.8. The van der Waals surface area contributed by atoms with Gasteiger partial charge in [-0.2, -0.15) is 0 Å². The van der Waals surface area contributed by atoms with Gasteiger partial charge in [-0.15, -0.1) is 0 Å². The molecule has 4 amide bonds. The zero-order chi connectivity index (χ0) is 26.4. The maximum Gasteiger partial charge on any atom is 0.249 e. The van der Waals surface area contributed by atoms with Crippen molar-refractivity contribution in [3.8, 4) is 0 Å². The molecule has 4 N–H and O–H groups in total. The molecule has 2 fully saturated rings. The summed E-state index contributed by atoms with van der Waals surface area (Å²) in [5.74, 6) is -0.111. The van der Waals surface area contributed by atoms with Crippen molar-refractivity contribution in [1.82, 2.24) is 26.2 Å². The maximum atomic E-state index is 12.7. The van der Waals surface area contributed by atoms with E-state index in [2.05, 4.69) is 21.3 Å². The Kier molecular flexibility index (Phi) is 13.1. The fourth-order valence-corrected chi connectivity index (χ4v) is 4.42. The molecule has 2 rings (SSSR count). The van der Waals surface area contributed by atoms with Crippen LogP contribution in [-0.2, 0) is 28.7 Å². The normalized spacial score (nSPS) is 24.4. The minimum absolute atomic E-state index is 0.0181. The highest BCUT2D eigenvalue weighted by Gasteiger charge is 2.27. The van der Waals surface area contributed by atoms with Gasteiger partial charge in [-0.25, -0.2) is 0 Å². The number of hydrogen-bond donors (Lipinski definition) is 4. The number of nitrogens with zero attached hydrogens (tertiary/aromatic N) is 1. The number of nitrogens with one attached hydrogen (secondary N) is 4. The van der Waals surface area contributed by atoms with Crippen LogP contribution in [0.1, 0.15) is 46.5 Å². The molecule has 2 saturated heterocycles. The van der Waals surface area contributed by atoms with Crippen molar-refractivity contribution in [1.29, 1.82) is 0 Å². The molecule has 2 aliphatic heterocycles. The lowest BCUT2D eigenvalue weighted by molar-refractivity contribution is -0.140. The van der Waals surface area contributed by atoms with Crippen molar-refractivity contribution in [2.24, 2.45) is 17.3 Å². The summed E-state index contributed by atoms with van der Waals surface area (Å²) in [6, 6.07) is 0. The lowest BCUT2D eigenvalue weighted by atomic mass is 9.81. The van der Waals surface area contributed by atoms with Crippen molar-refractivity contribution < 1.29 is 28.7 Å². The largest absolute Gasteiger partial charge is 0.377 e. The van der Waals surface area contributed by atoms with Crippen LogP contribution in [0.15, 0.2) is 0 Å². The molecule has 11 heteroatoms. The molecule has 2 aliphatic rings. The Bertz CT molecular complexity index is 726. The molecule has 0 aromatic carbocycles. The van der Waals surface area contributed by atoms with E-state index in [0.717, 1.165) is 25.9 Å². The van der Waals surface area contributed by atoms with Crippen LogP contribution < -0.4 is 21.3 Å². The second kappa shape index (κ2) is 15.8. The Labute approximate surface area is 214 Å². The van der Waals surface area contributed by atoms with Crippen molar-refractivity contribution >= 4 is 23.6 Å². The third-order valence-electron chi connectivity index (χ3n) is 6.30. The third-order valence-corrected chi connectivity index (χ3v) is 6.30. The van der Waals surface area contributed by atoms with Gasteiger partial charge in [0, 0.05) is 39.0 Å². The highest BCUT2D eigenvalue weighted by atomic mass is 16.5. The van der Waals surface area contributed by atoms with Gasteiger partial charge >= 0.3 is 0 Å². The van der Waals surface area contributed by atoms with Gasteiger partial charge in [0.1, 0.15) is 6.61 Å². The van der Waals surface area contributed by atoms with Gasteiger partial charge in [-0.05, 0) is 43.2 Å². The summed E-state index contributed by atoms with van der Waals surface area (Å²) < 4.78 is 10.9. The lowest BCUT2D eigenvalue weighted by Gasteiger charge is -2.32. The number of carbonyl (C=O) groups excluding carboxylic acids is 4. The molecule has 0 bridgehead atoms. The topological polar surface area (TPSA) is 138 Å². The Balaban J connectivity index is 1.94. The number of carbonyl (C=O) groups is 4. The van der Waals surface area contributed by atoms with E-state index in [9.17, 15) is 19.2 Å².